The number of unbranched alkanes of at least 4 members (excludes halogenated alkanes) is 12. The Hall–Kier alpha value is -0.440. The summed E-state index contributed by atoms with van der Waals surface area (Å²) in [4.78, 5) is 11.2. The lowest BCUT2D eigenvalue weighted by Crippen LogP contribution is -2.29. The molecule has 0 aromatic heterocycles. The zero-order chi connectivity index (χ0) is 18.8. The van der Waals surface area contributed by atoms with Gasteiger partial charge in [-0.3, -0.25) is 4.79 Å². The number of carbonyl (C=O) groups is 1. The molecule has 2 nitrogen and oxygen atoms in total. The van der Waals surface area contributed by atoms with Gasteiger partial charge in [0.1, 0.15) is 0 Å². The molecule has 1 N–H and O–H groups in total. The van der Waals surface area contributed by atoms with E-state index in [0.717, 1.165) is 19.3 Å². The maximum absolute atomic E-state index is 11.2. The lowest BCUT2D eigenvalue weighted by molar-refractivity contribution is -0.147. The van der Waals surface area contributed by atoms with E-state index >= 15 is 0 Å². The Morgan fingerprint density at radius 1 is 0.840 bits per heavy atom. The van der Waals surface area contributed by atoms with Crippen LogP contribution in [0, 0.1) is 5.41 Å². The Balaban J connectivity index is 3.33. The topological polar surface area (TPSA) is 37.3 Å². The van der Waals surface area contributed by atoms with E-state index < -0.39 is 11.4 Å². The van der Waals surface area contributed by atoms with Gasteiger partial charge in [0.2, 0.25) is 0 Å². The monoisotopic (exact) mass is 370 g/mol. The fraction of sp³-hybridized carbons (Fsp3) is 0.864. The summed E-state index contributed by atoms with van der Waals surface area (Å²) in [6.45, 7) is 4.07. The Bertz CT molecular complexity index is 341. The number of carboxylic acid groups (broad SMARTS) is 1. The molecule has 0 aromatic rings. The average molecular weight is 371 g/mol. The first-order valence-corrected chi connectivity index (χ1v) is 11.2. The van der Waals surface area contributed by atoms with Crippen LogP contribution in [0.1, 0.15) is 110 Å². The third-order valence-corrected chi connectivity index (χ3v) is 5.80. The summed E-state index contributed by atoms with van der Waals surface area (Å²) in [6, 6.07) is 0. The lowest BCUT2D eigenvalue weighted by Gasteiger charge is -2.22. The molecule has 0 bridgehead atoms. The fourth-order valence-corrected chi connectivity index (χ4v) is 3.31. The van der Waals surface area contributed by atoms with Crippen molar-refractivity contribution in [3.63, 3.8) is 0 Å². The highest BCUT2D eigenvalue weighted by molar-refractivity contribution is 7.80. The summed E-state index contributed by atoms with van der Waals surface area (Å²) in [5.74, 6) is -0.289. The Labute approximate surface area is 162 Å². The van der Waals surface area contributed by atoms with Gasteiger partial charge >= 0.3 is 5.97 Å². The van der Waals surface area contributed by atoms with E-state index in [4.69, 9.17) is 0 Å². The number of hydrogen-bond donors (Lipinski definition) is 2. The molecular formula is C22H42O2S. The van der Waals surface area contributed by atoms with Crippen LogP contribution in [-0.2, 0) is 4.79 Å². The van der Waals surface area contributed by atoms with Crippen LogP contribution in [0.25, 0.3) is 0 Å². The number of aliphatic carboxylic acids is 1. The highest BCUT2D eigenvalue weighted by atomic mass is 32.1. The summed E-state index contributed by atoms with van der Waals surface area (Å²) in [5.41, 5.74) is -0.649. The van der Waals surface area contributed by atoms with Gasteiger partial charge in [-0.15, -0.1) is 0 Å². The first-order chi connectivity index (χ1) is 12.1. The van der Waals surface area contributed by atoms with Crippen LogP contribution in [0.3, 0.4) is 0 Å². The van der Waals surface area contributed by atoms with E-state index in [1.165, 1.54) is 77.0 Å². The first kappa shape index (κ1) is 24.6. The molecule has 0 heterocycles. The van der Waals surface area contributed by atoms with Crippen LogP contribution in [0.2, 0.25) is 0 Å². The normalized spacial score (nSPS) is 14.0. The molecule has 0 fully saturated rings. The van der Waals surface area contributed by atoms with Crippen molar-refractivity contribution in [1.29, 1.82) is 0 Å². The largest absolute Gasteiger partial charge is 0.481 e. The summed E-state index contributed by atoms with van der Waals surface area (Å²) in [6.07, 6.45) is 23.4. The van der Waals surface area contributed by atoms with Gasteiger partial charge in [-0.2, -0.15) is 12.6 Å². The van der Waals surface area contributed by atoms with Gasteiger partial charge in [-0.05, 0) is 39.0 Å². The average Bonchev–Trinajstić information content (AvgIpc) is 2.61. The van der Waals surface area contributed by atoms with Gasteiger partial charge in [0.05, 0.1) is 5.41 Å². The summed E-state index contributed by atoms with van der Waals surface area (Å²) < 4.78 is 0. The summed E-state index contributed by atoms with van der Waals surface area (Å²) >= 11 is 4.18. The van der Waals surface area contributed by atoms with Crippen molar-refractivity contribution >= 4 is 18.6 Å². The summed E-state index contributed by atoms with van der Waals surface area (Å²) in [5, 5.41) is 9.20. The maximum Gasteiger partial charge on any atom is 0.310 e. The van der Waals surface area contributed by atoms with Gasteiger partial charge in [-0.1, -0.05) is 83.3 Å². The van der Waals surface area contributed by atoms with Crippen molar-refractivity contribution in [2.24, 2.45) is 5.41 Å². The summed E-state index contributed by atoms with van der Waals surface area (Å²) in [7, 11) is 0. The van der Waals surface area contributed by atoms with Crippen molar-refractivity contribution in [2.75, 3.05) is 5.75 Å². The van der Waals surface area contributed by atoms with Crippen LogP contribution in [-0.4, -0.2) is 16.8 Å². The molecular weight excluding hydrogens is 328 g/mol. The van der Waals surface area contributed by atoms with Crippen molar-refractivity contribution in [2.45, 2.75) is 110 Å². The molecule has 0 spiro atoms. The van der Waals surface area contributed by atoms with Crippen molar-refractivity contribution < 1.29 is 9.90 Å². The van der Waals surface area contributed by atoms with E-state index in [9.17, 15) is 9.90 Å². The molecule has 0 aliphatic carbocycles. The van der Waals surface area contributed by atoms with Gasteiger partial charge in [0.25, 0.3) is 0 Å². The van der Waals surface area contributed by atoms with E-state index in [-0.39, 0.29) is 0 Å². The Kier molecular flexibility index (Phi) is 16.7. The van der Waals surface area contributed by atoms with Crippen molar-refractivity contribution in [3.8, 4) is 0 Å². The standard InChI is InChI=1S/C22H42O2S/c1-3-4-5-6-7-8-9-10-11-12-13-14-15-16-17-18-19-22(2,20-25)21(23)24/h10-11,25H,3-9,12-20H2,1-2H3,(H,23,24). The number of allylic oxidation sites excluding steroid dienone is 2. The van der Waals surface area contributed by atoms with E-state index in [0.29, 0.717) is 5.75 Å². The number of thiol groups is 1. The smallest absolute Gasteiger partial charge is 0.310 e. The molecule has 0 aromatic carbocycles. The second-order valence-corrected chi connectivity index (χ2v) is 8.03. The fourth-order valence-electron chi connectivity index (χ4n) is 3.02. The molecule has 3 heteroatoms. The Morgan fingerprint density at radius 2 is 1.28 bits per heavy atom. The quantitative estimate of drug-likeness (QED) is 0.149. The predicted octanol–water partition coefficient (Wildman–Crippen LogP) is 7.43. The van der Waals surface area contributed by atoms with Gasteiger partial charge in [0, 0.05) is 5.75 Å². The molecule has 0 aliphatic rings. The van der Waals surface area contributed by atoms with Crippen LogP contribution < -0.4 is 0 Å². The molecule has 0 amide bonds. The zero-order valence-corrected chi connectivity index (χ0v) is 17.7. The van der Waals surface area contributed by atoms with Crippen LogP contribution >= 0.6 is 12.6 Å². The number of rotatable bonds is 18. The second-order valence-electron chi connectivity index (χ2n) is 7.71. The van der Waals surface area contributed by atoms with Crippen LogP contribution in [0.15, 0.2) is 12.2 Å². The minimum atomic E-state index is -0.713. The molecule has 0 aliphatic heterocycles. The van der Waals surface area contributed by atoms with Crippen molar-refractivity contribution in [3.05, 3.63) is 12.2 Å². The number of hydrogen-bond acceptors (Lipinski definition) is 2. The molecule has 0 saturated carbocycles. The highest BCUT2D eigenvalue weighted by Crippen LogP contribution is 2.26. The third kappa shape index (κ3) is 14.4. The lowest BCUT2D eigenvalue weighted by atomic mass is 9.86. The molecule has 0 radical (unpaired) electrons. The van der Waals surface area contributed by atoms with E-state index in [2.05, 4.69) is 31.7 Å². The molecule has 1 unspecified atom stereocenters. The van der Waals surface area contributed by atoms with Gasteiger partial charge < -0.3 is 5.11 Å². The molecule has 148 valence electrons. The molecule has 25 heavy (non-hydrogen) atoms. The van der Waals surface area contributed by atoms with Crippen LogP contribution in [0.4, 0.5) is 0 Å². The van der Waals surface area contributed by atoms with Gasteiger partial charge in [-0.25, -0.2) is 0 Å². The number of carboxylic acids is 1. The van der Waals surface area contributed by atoms with E-state index in [1.54, 1.807) is 6.92 Å². The minimum absolute atomic E-state index is 0.424. The second kappa shape index (κ2) is 17.0. The molecule has 1 atom stereocenters. The molecule has 0 rings (SSSR count). The molecule has 0 saturated heterocycles. The minimum Gasteiger partial charge on any atom is -0.481 e. The SMILES string of the molecule is CCCCCCCCC=CCCCCCCCCC(C)(CS)C(=O)O. The third-order valence-electron chi connectivity index (χ3n) is 5.11. The maximum atomic E-state index is 11.2. The first-order valence-electron chi connectivity index (χ1n) is 10.6. The van der Waals surface area contributed by atoms with E-state index in [1.807, 2.05) is 0 Å². The van der Waals surface area contributed by atoms with Crippen LogP contribution in [0.5, 0.6) is 0 Å². The predicted molar refractivity (Wildman–Crippen MR) is 114 cm³/mol. The van der Waals surface area contributed by atoms with Crippen molar-refractivity contribution in [1.82, 2.24) is 0 Å². The zero-order valence-electron chi connectivity index (χ0n) is 16.8. The Morgan fingerprint density at radius 3 is 1.72 bits per heavy atom. The highest BCUT2D eigenvalue weighted by Gasteiger charge is 2.30. The van der Waals surface area contributed by atoms with Gasteiger partial charge in [0.15, 0.2) is 0 Å².